The SMILES string of the molecule is CC(=O)Nc1ccc(/C(C)=N/NC(=O)c2ccccc2)cc1. The van der Waals surface area contributed by atoms with Crippen molar-refractivity contribution in [1.82, 2.24) is 5.43 Å². The fourth-order valence-electron chi connectivity index (χ4n) is 1.85. The summed E-state index contributed by atoms with van der Waals surface area (Å²) >= 11 is 0. The molecular formula is C17H17N3O2. The standard InChI is InChI=1S/C17H17N3O2/c1-12(14-8-10-16(11-9-14)18-13(2)21)19-20-17(22)15-6-4-3-5-7-15/h3-11H,1-2H3,(H,18,21)(H,20,22)/b19-12+. The van der Waals surface area contributed by atoms with E-state index in [0.717, 1.165) is 11.3 Å². The molecule has 2 N–H and O–H groups in total. The lowest BCUT2D eigenvalue weighted by Gasteiger charge is -2.05. The Morgan fingerprint density at radius 1 is 0.864 bits per heavy atom. The minimum absolute atomic E-state index is 0.117. The van der Waals surface area contributed by atoms with Gasteiger partial charge >= 0.3 is 0 Å². The number of hydrogen-bond acceptors (Lipinski definition) is 3. The molecule has 2 aromatic carbocycles. The highest BCUT2D eigenvalue weighted by Gasteiger charge is 2.04. The maximum atomic E-state index is 11.9. The summed E-state index contributed by atoms with van der Waals surface area (Å²) in [6, 6.07) is 16.1. The Bertz CT molecular complexity index is 692. The fourth-order valence-corrected chi connectivity index (χ4v) is 1.85. The van der Waals surface area contributed by atoms with Crippen LogP contribution in [0.4, 0.5) is 5.69 Å². The second-order valence-electron chi connectivity index (χ2n) is 4.76. The minimum Gasteiger partial charge on any atom is -0.326 e. The van der Waals surface area contributed by atoms with Crippen LogP contribution in [0, 0.1) is 0 Å². The van der Waals surface area contributed by atoms with Gasteiger partial charge in [-0.25, -0.2) is 5.43 Å². The molecule has 0 saturated carbocycles. The van der Waals surface area contributed by atoms with E-state index in [9.17, 15) is 9.59 Å². The van der Waals surface area contributed by atoms with Gasteiger partial charge in [-0.1, -0.05) is 30.3 Å². The predicted molar refractivity (Wildman–Crippen MR) is 86.9 cm³/mol. The normalized spacial score (nSPS) is 10.9. The zero-order valence-electron chi connectivity index (χ0n) is 12.5. The van der Waals surface area contributed by atoms with Crippen molar-refractivity contribution in [2.24, 2.45) is 5.10 Å². The number of hydrogen-bond donors (Lipinski definition) is 2. The lowest BCUT2D eigenvalue weighted by molar-refractivity contribution is -0.114. The highest BCUT2D eigenvalue weighted by atomic mass is 16.2. The zero-order chi connectivity index (χ0) is 15.9. The number of nitrogens with zero attached hydrogens (tertiary/aromatic N) is 1. The summed E-state index contributed by atoms with van der Waals surface area (Å²) in [7, 11) is 0. The second kappa shape index (κ2) is 7.17. The van der Waals surface area contributed by atoms with Crippen LogP contribution in [0.5, 0.6) is 0 Å². The molecule has 22 heavy (non-hydrogen) atoms. The van der Waals surface area contributed by atoms with E-state index < -0.39 is 0 Å². The third-order valence-corrected chi connectivity index (χ3v) is 2.98. The van der Waals surface area contributed by atoms with Crippen LogP contribution in [0.2, 0.25) is 0 Å². The van der Waals surface area contributed by atoms with Gasteiger partial charge in [-0.15, -0.1) is 0 Å². The van der Waals surface area contributed by atoms with E-state index in [1.807, 2.05) is 18.2 Å². The molecule has 0 unspecified atom stereocenters. The maximum absolute atomic E-state index is 11.9. The lowest BCUT2D eigenvalue weighted by Crippen LogP contribution is -2.19. The number of amides is 2. The summed E-state index contributed by atoms with van der Waals surface area (Å²) in [4.78, 5) is 22.9. The Morgan fingerprint density at radius 2 is 1.50 bits per heavy atom. The molecule has 0 atom stereocenters. The fraction of sp³-hybridized carbons (Fsp3) is 0.118. The molecule has 2 amide bonds. The number of benzene rings is 2. The Labute approximate surface area is 129 Å². The first-order chi connectivity index (χ1) is 10.6. The quantitative estimate of drug-likeness (QED) is 0.672. The molecule has 2 rings (SSSR count). The summed E-state index contributed by atoms with van der Waals surface area (Å²) in [5.41, 5.74) is 5.34. The van der Waals surface area contributed by atoms with Gasteiger partial charge in [0.1, 0.15) is 0 Å². The third kappa shape index (κ3) is 4.28. The summed E-state index contributed by atoms with van der Waals surface area (Å²) in [5.74, 6) is -0.372. The molecule has 0 aliphatic rings. The molecular weight excluding hydrogens is 278 g/mol. The van der Waals surface area contributed by atoms with Gasteiger partial charge < -0.3 is 5.32 Å². The molecule has 0 spiro atoms. The van der Waals surface area contributed by atoms with Gasteiger partial charge in [0.25, 0.3) is 5.91 Å². The second-order valence-corrected chi connectivity index (χ2v) is 4.76. The van der Waals surface area contributed by atoms with Crippen molar-refractivity contribution >= 4 is 23.2 Å². The number of carbonyl (C=O) groups is 2. The van der Waals surface area contributed by atoms with Crippen LogP contribution >= 0.6 is 0 Å². The average Bonchev–Trinajstić information content (AvgIpc) is 2.53. The van der Waals surface area contributed by atoms with E-state index >= 15 is 0 Å². The van der Waals surface area contributed by atoms with Gasteiger partial charge in [0.2, 0.25) is 5.91 Å². The number of carbonyl (C=O) groups excluding carboxylic acids is 2. The molecule has 2 aromatic rings. The summed E-state index contributed by atoms with van der Waals surface area (Å²) in [5, 5.41) is 6.79. The van der Waals surface area contributed by atoms with Gasteiger partial charge in [-0.3, -0.25) is 9.59 Å². The third-order valence-electron chi connectivity index (χ3n) is 2.98. The van der Waals surface area contributed by atoms with Gasteiger partial charge in [-0.05, 0) is 36.8 Å². The van der Waals surface area contributed by atoms with Gasteiger partial charge in [0.05, 0.1) is 5.71 Å². The van der Waals surface area contributed by atoms with Gasteiger partial charge in [0, 0.05) is 18.2 Å². The maximum Gasteiger partial charge on any atom is 0.271 e. The monoisotopic (exact) mass is 295 g/mol. The summed E-state index contributed by atoms with van der Waals surface area (Å²) < 4.78 is 0. The van der Waals surface area contributed by atoms with Crippen molar-refractivity contribution in [1.29, 1.82) is 0 Å². The molecule has 5 nitrogen and oxygen atoms in total. The first-order valence-electron chi connectivity index (χ1n) is 6.84. The first-order valence-corrected chi connectivity index (χ1v) is 6.84. The summed E-state index contributed by atoms with van der Waals surface area (Å²) in [6.07, 6.45) is 0. The van der Waals surface area contributed by atoms with Crippen LogP contribution < -0.4 is 10.7 Å². The largest absolute Gasteiger partial charge is 0.326 e. The molecule has 0 aromatic heterocycles. The molecule has 0 heterocycles. The topological polar surface area (TPSA) is 70.6 Å². The van der Waals surface area contributed by atoms with E-state index in [0.29, 0.717) is 11.3 Å². The Kier molecular flexibility index (Phi) is 5.03. The predicted octanol–water partition coefficient (Wildman–Crippen LogP) is 2.80. The van der Waals surface area contributed by atoms with Crippen molar-refractivity contribution in [3.05, 3.63) is 65.7 Å². The average molecular weight is 295 g/mol. The van der Waals surface area contributed by atoms with Crippen LogP contribution in [0.1, 0.15) is 29.8 Å². The molecule has 0 bridgehead atoms. The van der Waals surface area contributed by atoms with Crippen LogP contribution in [0.25, 0.3) is 0 Å². The molecule has 0 aliphatic heterocycles. The molecule has 0 aliphatic carbocycles. The van der Waals surface area contributed by atoms with E-state index in [-0.39, 0.29) is 11.8 Å². The Hall–Kier alpha value is -2.95. The first kappa shape index (κ1) is 15.4. The minimum atomic E-state index is -0.255. The zero-order valence-corrected chi connectivity index (χ0v) is 12.5. The van der Waals surface area contributed by atoms with Gasteiger partial charge in [-0.2, -0.15) is 5.10 Å². The van der Waals surface area contributed by atoms with E-state index in [4.69, 9.17) is 0 Å². The smallest absolute Gasteiger partial charge is 0.271 e. The van der Waals surface area contributed by atoms with Crippen LogP contribution in [0.15, 0.2) is 59.7 Å². The molecule has 0 saturated heterocycles. The number of hydrazone groups is 1. The number of nitrogens with one attached hydrogen (secondary N) is 2. The van der Waals surface area contributed by atoms with Crippen LogP contribution in [-0.2, 0) is 4.79 Å². The van der Waals surface area contributed by atoms with Crippen molar-refractivity contribution < 1.29 is 9.59 Å². The number of rotatable bonds is 4. The highest BCUT2D eigenvalue weighted by Crippen LogP contribution is 2.10. The Balaban J connectivity index is 2.03. The molecule has 112 valence electrons. The Morgan fingerprint density at radius 3 is 2.09 bits per heavy atom. The molecule has 5 heteroatoms. The summed E-state index contributed by atoms with van der Waals surface area (Å²) in [6.45, 7) is 3.26. The van der Waals surface area contributed by atoms with Crippen molar-refractivity contribution in [3.63, 3.8) is 0 Å². The van der Waals surface area contributed by atoms with Crippen LogP contribution in [0.3, 0.4) is 0 Å². The van der Waals surface area contributed by atoms with Gasteiger partial charge in [0.15, 0.2) is 0 Å². The molecule has 0 radical (unpaired) electrons. The number of anilines is 1. The van der Waals surface area contributed by atoms with E-state index in [1.165, 1.54) is 6.92 Å². The highest BCUT2D eigenvalue weighted by molar-refractivity contribution is 6.01. The molecule has 0 fully saturated rings. The van der Waals surface area contributed by atoms with Crippen molar-refractivity contribution in [2.45, 2.75) is 13.8 Å². The van der Waals surface area contributed by atoms with Crippen molar-refractivity contribution in [2.75, 3.05) is 5.32 Å². The lowest BCUT2D eigenvalue weighted by atomic mass is 10.1. The van der Waals surface area contributed by atoms with E-state index in [2.05, 4.69) is 15.8 Å². The van der Waals surface area contributed by atoms with E-state index in [1.54, 1.807) is 43.3 Å². The van der Waals surface area contributed by atoms with Crippen molar-refractivity contribution in [3.8, 4) is 0 Å². The van der Waals surface area contributed by atoms with Crippen LogP contribution in [-0.4, -0.2) is 17.5 Å².